The summed E-state index contributed by atoms with van der Waals surface area (Å²) in [5.41, 5.74) is 2.49. The maximum absolute atomic E-state index is 5.51. The van der Waals surface area contributed by atoms with Gasteiger partial charge in [-0.25, -0.2) is 4.99 Å². The van der Waals surface area contributed by atoms with Crippen molar-refractivity contribution in [2.75, 3.05) is 64.6 Å². The molecule has 7 heteroatoms. The van der Waals surface area contributed by atoms with Crippen molar-refractivity contribution < 1.29 is 9.47 Å². The first-order chi connectivity index (χ1) is 13.2. The molecule has 0 radical (unpaired) electrons. The number of nitrogens with one attached hydrogen (secondary N) is 1. The summed E-state index contributed by atoms with van der Waals surface area (Å²) in [5.74, 6) is 1.55. The third-order valence-corrected chi connectivity index (χ3v) is 5.54. The van der Waals surface area contributed by atoms with Crippen molar-refractivity contribution >= 4 is 27.6 Å². The molecule has 2 aliphatic rings. The Kier molecular flexibility index (Phi) is 7.79. The van der Waals surface area contributed by atoms with E-state index in [2.05, 4.69) is 63.2 Å². The Hall–Kier alpha value is -1.31. The molecule has 0 saturated carbocycles. The van der Waals surface area contributed by atoms with Crippen LogP contribution in [0, 0.1) is 5.92 Å². The Morgan fingerprint density at radius 1 is 1.30 bits per heavy atom. The second kappa shape index (κ2) is 10.3. The largest absolute Gasteiger partial charge is 0.381 e. The van der Waals surface area contributed by atoms with E-state index >= 15 is 0 Å². The van der Waals surface area contributed by atoms with Gasteiger partial charge in [-0.05, 0) is 31.0 Å². The normalized spacial score (nSPS) is 20.8. The molecule has 1 N–H and O–H groups in total. The SMILES string of the molecule is CCNC(=NCc1ccc(Br)cc1N1CCOCC1)N(C)CC1CCOC1. The summed E-state index contributed by atoms with van der Waals surface area (Å²) in [6.07, 6.45) is 1.14. The zero-order chi connectivity index (χ0) is 19.1. The Labute approximate surface area is 171 Å². The smallest absolute Gasteiger partial charge is 0.193 e. The number of hydrogen-bond acceptors (Lipinski definition) is 4. The molecule has 1 unspecified atom stereocenters. The standard InChI is InChI=1S/C20H31BrN4O2/c1-3-22-20(24(2)14-16-6-9-27-15-16)23-13-17-4-5-18(21)12-19(17)25-7-10-26-11-8-25/h4-5,12,16H,3,6-11,13-15H2,1-2H3,(H,22,23). The first-order valence-electron chi connectivity index (χ1n) is 9.85. The fourth-order valence-corrected chi connectivity index (χ4v) is 3.95. The topological polar surface area (TPSA) is 49.3 Å². The number of guanidine groups is 1. The molecule has 1 aromatic rings. The zero-order valence-corrected chi connectivity index (χ0v) is 18.0. The third kappa shape index (κ3) is 5.83. The monoisotopic (exact) mass is 438 g/mol. The van der Waals surface area contributed by atoms with E-state index in [0.717, 1.165) is 69.5 Å². The minimum Gasteiger partial charge on any atom is -0.381 e. The summed E-state index contributed by atoms with van der Waals surface area (Å²) >= 11 is 3.61. The summed E-state index contributed by atoms with van der Waals surface area (Å²) in [6.45, 7) is 9.77. The van der Waals surface area contributed by atoms with Crippen LogP contribution in [-0.2, 0) is 16.0 Å². The molecule has 0 bridgehead atoms. The van der Waals surface area contributed by atoms with Crippen LogP contribution in [0.25, 0.3) is 0 Å². The number of benzene rings is 1. The van der Waals surface area contributed by atoms with Crippen molar-refractivity contribution in [3.63, 3.8) is 0 Å². The maximum atomic E-state index is 5.51. The van der Waals surface area contributed by atoms with Gasteiger partial charge in [0.25, 0.3) is 0 Å². The lowest BCUT2D eigenvalue weighted by molar-refractivity contribution is 0.122. The van der Waals surface area contributed by atoms with Gasteiger partial charge in [0.15, 0.2) is 5.96 Å². The number of ether oxygens (including phenoxy) is 2. The van der Waals surface area contributed by atoms with E-state index in [1.54, 1.807) is 0 Å². The van der Waals surface area contributed by atoms with Crippen LogP contribution in [-0.4, -0.2) is 70.5 Å². The maximum Gasteiger partial charge on any atom is 0.193 e. The van der Waals surface area contributed by atoms with Crippen LogP contribution < -0.4 is 10.2 Å². The molecule has 2 fully saturated rings. The van der Waals surface area contributed by atoms with E-state index in [0.29, 0.717) is 12.5 Å². The second-order valence-corrected chi connectivity index (χ2v) is 8.07. The highest BCUT2D eigenvalue weighted by molar-refractivity contribution is 9.10. The average molecular weight is 439 g/mol. The van der Waals surface area contributed by atoms with Gasteiger partial charge in [-0.1, -0.05) is 22.0 Å². The molecular weight excluding hydrogens is 408 g/mol. The van der Waals surface area contributed by atoms with E-state index in [1.807, 2.05) is 0 Å². The molecule has 1 atom stereocenters. The molecule has 3 rings (SSSR count). The van der Waals surface area contributed by atoms with Crippen LogP contribution in [0.15, 0.2) is 27.7 Å². The first-order valence-corrected chi connectivity index (χ1v) is 10.6. The van der Waals surface area contributed by atoms with Crippen molar-refractivity contribution in [1.82, 2.24) is 10.2 Å². The summed E-state index contributed by atoms with van der Waals surface area (Å²) in [4.78, 5) is 9.55. The van der Waals surface area contributed by atoms with Gasteiger partial charge in [0.05, 0.1) is 26.4 Å². The minimum atomic E-state index is 0.593. The van der Waals surface area contributed by atoms with Crippen LogP contribution in [0.1, 0.15) is 18.9 Å². The molecule has 2 saturated heterocycles. The third-order valence-electron chi connectivity index (χ3n) is 5.05. The zero-order valence-electron chi connectivity index (χ0n) is 16.4. The van der Waals surface area contributed by atoms with Crippen LogP contribution in [0.5, 0.6) is 0 Å². The predicted molar refractivity (Wildman–Crippen MR) is 114 cm³/mol. The number of morpholine rings is 1. The molecule has 27 heavy (non-hydrogen) atoms. The van der Waals surface area contributed by atoms with Crippen molar-refractivity contribution in [2.24, 2.45) is 10.9 Å². The number of anilines is 1. The molecule has 150 valence electrons. The van der Waals surface area contributed by atoms with Crippen molar-refractivity contribution in [2.45, 2.75) is 19.9 Å². The summed E-state index contributed by atoms with van der Waals surface area (Å²) in [7, 11) is 2.12. The predicted octanol–water partition coefficient (Wildman–Crippen LogP) is 2.72. The van der Waals surface area contributed by atoms with E-state index < -0.39 is 0 Å². The number of nitrogens with zero attached hydrogens (tertiary/aromatic N) is 3. The highest BCUT2D eigenvalue weighted by Crippen LogP contribution is 2.27. The Balaban J connectivity index is 1.72. The van der Waals surface area contributed by atoms with Gasteiger partial charge >= 0.3 is 0 Å². The summed E-state index contributed by atoms with van der Waals surface area (Å²) in [6, 6.07) is 6.47. The lowest BCUT2D eigenvalue weighted by atomic mass is 10.1. The quantitative estimate of drug-likeness (QED) is 0.546. The van der Waals surface area contributed by atoms with Gasteiger partial charge in [-0.15, -0.1) is 0 Å². The van der Waals surface area contributed by atoms with Crippen molar-refractivity contribution in [3.05, 3.63) is 28.2 Å². The van der Waals surface area contributed by atoms with Gasteiger partial charge in [-0.3, -0.25) is 0 Å². The Bertz CT molecular complexity index is 628. The molecule has 2 aliphatic heterocycles. The number of hydrogen-bond donors (Lipinski definition) is 1. The summed E-state index contributed by atoms with van der Waals surface area (Å²) in [5, 5.41) is 3.43. The second-order valence-electron chi connectivity index (χ2n) is 7.15. The fourth-order valence-electron chi connectivity index (χ4n) is 3.60. The van der Waals surface area contributed by atoms with E-state index in [4.69, 9.17) is 14.5 Å². The van der Waals surface area contributed by atoms with Crippen LogP contribution in [0.4, 0.5) is 5.69 Å². The van der Waals surface area contributed by atoms with Crippen LogP contribution in [0.2, 0.25) is 0 Å². The molecule has 0 aromatic heterocycles. The van der Waals surface area contributed by atoms with E-state index in [1.165, 1.54) is 11.3 Å². The molecular formula is C20H31BrN4O2. The lowest BCUT2D eigenvalue weighted by Gasteiger charge is -2.31. The highest BCUT2D eigenvalue weighted by atomic mass is 79.9. The Morgan fingerprint density at radius 3 is 2.81 bits per heavy atom. The molecule has 2 heterocycles. The molecule has 0 spiro atoms. The molecule has 0 amide bonds. The van der Waals surface area contributed by atoms with Gasteiger partial charge in [0, 0.05) is 55.9 Å². The number of rotatable bonds is 6. The highest BCUT2D eigenvalue weighted by Gasteiger charge is 2.19. The Morgan fingerprint density at radius 2 is 2.11 bits per heavy atom. The first kappa shape index (κ1) is 20.4. The van der Waals surface area contributed by atoms with Crippen LogP contribution in [0.3, 0.4) is 0 Å². The van der Waals surface area contributed by atoms with Crippen LogP contribution >= 0.6 is 15.9 Å². The number of aliphatic imine (C=N–C) groups is 1. The number of halogens is 1. The van der Waals surface area contributed by atoms with Crippen molar-refractivity contribution in [1.29, 1.82) is 0 Å². The summed E-state index contributed by atoms with van der Waals surface area (Å²) < 4.78 is 12.1. The van der Waals surface area contributed by atoms with Gasteiger partial charge in [0.2, 0.25) is 0 Å². The van der Waals surface area contributed by atoms with Crippen molar-refractivity contribution in [3.8, 4) is 0 Å². The van der Waals surface area contributed by atoms with E-state index in [9.17, 15) is 0 Å². The lowest BCUT2D eigenvalue weighted by Crippen LogP contribution is -2.41. The molecule has 6 nitrogen and oxygen atoms in total. The average Bonchev–Trinajstić information content (AvgIpc) is 3.19. The minimum absolute atomic E-state index is 0.593. The molecule has 1 aromatic carbocycles. The molecule has 0 aliphatic carbocycles. The van der Waals surface area contributed by atoms with Gasteiger partial charge < -0.3 is 24.6 Å². The van der Waals surface area contributed by atoms with E-state index in [-0.39, 0.29) is 0 Å². The fraction of sp³-hybridized carbons (Fsp3) is 0.650. The van der Waals surface area contributed by atoms with Gasteiger partial charge in [0.1, 0.15) is 0 Å². The van der Waals surface area contributed by atoms with Gasteiger partial charge in [-0.2, -0.15) is 0 Å².